The molecule has 0 radical (unpaired) electrons. The Labute approximate surface area is 121 Å². The predicted molar refractivity (Wildman–Crippen MR) is 83.4 cm³/mol. The van der Waals surface area contributed by atoms with Gasteiger partial charge in [-0.3, -0.25) is 0 Å². The molecule has 1 aromatic carbocycles. The van der Waals surface area contributed by atoms with E-state index in [0.29, 0.717) is 5.95 Å². The second-order valence-electron chi connectivity index (χ2n) is 4.88. The van der Waals surface area contributed by atoms with E-state index in [1.54, 1.807) is 18.4 Å². The molecule has 1 unspecified atom stereocenters. The summed E-state index contributed by atoms with van der Waals surface area (Å²) in [5, 5.41) is 4.27. The number of rotatable bonds is 4. The SMILES string of the molecule is COc1ccc2c(c1)nc(N)n2C(C)Cc1ccsc1. The fraction of sp³-hybridized carbons (Fsp3) is 0.267. The molecule has 104 valence electrons. The first kappa shape index (κ1) is 13.0. The van der Waals surface area contributed by atoms with Crippen molar-refractivity contribution < 1.29 is 4.74 Å². The van der Waals surface area contributed by atoms with E-state index in [9.17, 15) is 0 Å². The van der Waals surface area contributed by atoms with E-state index >= 15 is 0 Å². The van der Waals surface area contributed by atoms with Gasteiger partial charge in [-0.1, -0.05) is 0 Å². The highest BCUT2D eigenvalue weighted by Crippen LogP contribution is 2.28. The maximum atomic E-state index is 6.09. The summed E-state index contributed by atoms with van der Waals surface area (Å²) >= 11 is 1.72. The fourth-order valence-corrected chi connectivity index (χ4v) is 3.21. The largest absolute Gasteiger partial charge is 0.497 e. The molecule has 4 nitrogen and oxygen atoms in total. The first-order chi connectivity index (χ1) is 9.69. The number of hydrogen-bond acceptors (Lipinski definition) is 4. The van der Waals surface area contributed by atoms with Crippen LogP contribution in [0.2, 0.25) is 0 Å². The predicted octanol–water partition coefficient (Wildman–Crippen LogP) is 3.49. The molecule has 2 heterocycles. The van der Waals surface area contributed by atoms with E-state index in [4.69, 9.17) is 10.5 Å². The van der Waals surface area contributed by atoms with Crippen molar-refractivity contribution in [1.29, 1.82) is 0 Å². The third-order valence-electron chi connectivity index (χ3n) is 3.48. The van der Waals surface area contributed by atoms with Crippen LogP contribution in [0.3, 0.4) is 0 Å². The minimum Gasteiger partial charge on any atom is -0.497 e. The number of aromatic nitrogens is 2. The molecule has 2 aromatic heterocycles. The van der Waals surface area contributed by atoms with Crippen molar-refractivity contribution in [3.63, 3.8) is 0 Å². The molecule has 0 aliphatic carbocycles. The first-order valence-corrected chi connectivity index (χ1v) is 7.46. The fourth-order valence-electron chi connectivity index (χ4n) is 2.53. The van der Waals surface area contributed by atoms with Gasteiger partial charge in [0.05, 0.1) is 18.1 Å². The van der Waals surface area contributed by atoms with Crippen LogP contribution in [0, 0.1) is 0 Å². The molecular formula is C15H17N3OS. The highest BCUT2D eigenvalue weighted by molar-refractivity contribution is 7.07. The summed E-state index contributed by atoms with van der Waals surface area (Å²) in [5.74, 6) is 1.35. The van der Waals surface area contributed by atoms with E-state index < -0.39 is 0 Å². The van der Waals surface area contributed by atoms with Gasteiger partial charge in [0.15, 0.2) is 0 Å². The molecule has 3 rings (SSSR count). The summed E-state index contributed by atoms with van der Waals surface area (Å²) in [5.41, 5.74) is 9.34. The topological polar surface area (TPSA) is 53.1 Å². The number of benzene rings is 1. The van der Waals surface area contributed by atoms with E-state index in [0.717, 1.165) is 23.2 Å². The van der Waals surface area contributed by atoms with Gasteiger partial charge < -0.3 is 15.0 Å². The van der Waals surface area contributed by atoms with E-state index in [1.165, 1.54) is 5.56 Å². The van der Waals surface area contributed by atoms with Crippen molar-refractivity contribution >= 4 is 28.3 Å². The van der Waals surface area contributed by atoms with Crippen molar-refractivity contribution in [3.05, 3.63) is 40.6 Å². The van der Waals surface area contributed by atoms with Crippen LogP contribution in [-0.4, -0.2) is 16.7 Å². The van der Waals surface area contributed by atoms with Crippen LogP contribution in [0.5, 0.6) is 5.75 Å². The van der Waals surface area contributed by atoms with Gasteiger partial charge in [-0.15, -0.1) is 0 Å². The van der Waals surface area contributed by atoms with Crippen LogP contribution >= 0.6 is 11.3 Å². The standard InChI is InChI=1S/C15H17N3OS/c1-10(7-11-5-6-20-9-11)18-14-4-3-12(19-2)8-13(14)17-15(18)16/h3-6,8-10H,7H2,1-2H3,(H2,16,17). The molecule has 3 aromatic rings. The summed E-state index contributed by atoms with van der Waals surface area (Å²) < 4.78 is 7.32. The number of ether oxygens (including phenoxy) is 1. The maximum Gasteiger partial charge on any atom is 0.201 e. The zero-order valence-electron chi connectivity index (χ0n) is 11.5. The zero-order chi connectivity index (χ0) is 14.1. The van der Waals surface area contributed by atoms with Crippen molar-refractivity contribution in [2.75, 3.05) is 12.8 Å². The second kappa shape index (κ2) is 5.17. The maximum absolute atomic E-state index is 6.09. The lowest BCUT2D eigenvalue weighted by Gasteiger charge is -2.15. The van der Waals surface area contributed by atoms with Crippen LogP contribution in [0.1, 0.15) is 18.5 Å². The smallest absolute Gasteiger partial charge is 0.201 e. The van der Waals surface area contributed by atoms with Crippen LogP contribution in [0.4, 0.5) is 5.95 Å². The van der Waals surface area contributed by atoms with E-state index in [-0.39, 0.29) is 6.04 Å². The Morgan fingerprint density at radius 1 is 1.40 bits per heavy atom. The molecule has 0 spiro atoms. The minimum atomic E-state index is 0.267. The summed E-state index contributed by atoms with van der Waals surface area (Å²) in [7, 11) is 1.65. The number of hydrogen-bond donors (Lipinski definition) is 1. The van der Waals surface area contributed by atoms with Gasteiger partial charge in [0.1, 0.15) is 5.75 Å². The Hall–Kier alpha value is -2.01. The number of fused-ring (bicyclic) bond motifs is 1. The normalized spacial score (nSPS) is 12.7. The lowest BCUT2D eigenvalue weighted by molar-refractivity contribution is 0.415. The van der Waals surface area contributed by atoms with Crippen molar-refractivity contribution in [3.8, 4) is 5.75 Å². The lowest BCUT2D eigenvalue weighted by atomic mass is 10.1. The van der Waals surface area contributed by atoms with Gasteiger partial charge in [0.2, 0.25) is 5.95 Å². The molecular weight excluding hydrogens is 270 g/mol. The summed E-state index contributed by atoms with van der Waals surface area (Å²) in [6, 6.07) is 8.29. The number of methoxy groups -OCH3 is 1. The van der Waals surface area contributed by atoms with Crippen molar-refractivity contribution in [2.24, 2.45) is 0 Å². The number of nitrogens with two attached hydrogens (primary N) is 1. The van der Waals surface area contributed by atoms with Gasteiger partial charge in [0.25, 0.3) is 0 Å². The third-order valence-corrected chi connectivity index (χ3v) is 4.21. The molecule has 0 amide bonds. The molecule has 0 fully saturated rings. The number of nitrogen functional groups attached to an aromatic ring is 1. The van der Waals surface area contributed by atoms with E-state index in [2.05, 4.69) is 33.3 Å². The number of anilines is 1. The van der Waals surface area contributed by atoms with Crippen LogP contribution in [-0.2, 0) is 6.42 Å². The quantitative estimate of drug-likeness (QED) is 0.799. The number of nitrogens with zero attached hydrogens (tertiary/aromatic N) is 2. The van der Waals surface area contributed by atoms with Crippen LogP contribution in [0.15, 0.2) is 35.0 Å². The third kappa shape index (κ3) is 2.25. The van der Waals surface area contributed by atoms with Crippen LogP contribution < -0.4 is 10.5 Å². The molecule has 1 atom stereocenters. The molecule has 0 bridgehead atoms. The summed E-state index contributed by atoms with van der Waals surface area (Å²) in [6.45, 7) is 2.17. The van der Waals surface area contributed by atoms with Gasteiger partial charge in [-0.2, -0.15) is 11.3 Å². The first-order valence-electron chi connectivity index (χ1n) is 6.51. The monoisotopic (exact) mass is 287 g/mol. The van der Waals surface area contributed by atoms with Crippen molar-refractivity contribution in [2.45, 2.75) is 19.4 Å². The molecule has 20 heavy (non-hydrogen) atoms. The molecule has 0 saturated heterocycles. The average Bonchev–Trinajstić information content (AvgIpc) is 3.03. The Kier molecular flexibility index (Phi) is 3.36. The number of imidazole rings is 1. The highest BCUT2D eigenvalue weighted by atomic mass is 32.1. The Morgan fingerprint density at radius 3 is 2.95 bits per heavy atom. The van der Waals surface area contributed by atoms with Gasteiger partial charge in [-0.05, 0) is 47.9 Å². The molecule has 5 heteroatoms. The van der Waals surface area contributed by atoms with E-state index in [1.807, 2.05) is 18.2 Å². The molecule has 0 saturated carbocycles. The Morgan fingerprint density at radius 2 is 2.25 bits per heavy atom. The van der Waals surface area contributed by atoms with Crippen LogP contribution in [0.25, 0.3) is 11.0 Å². The average molecular weight is 287 g/mol. The molecule has 0 aliphatic heterocycles. The van der Waals surface area contributed by atoms with Crippen molar-refractivity contribution in [1.82, 2.24) is 9.55 Å². The lowest BCUT2D eigenvalue weighted by Crippen LogP contribution is -2.11. The van der Waals surface area contributed by atoms with Gasteiger partial charge >= 0.3 is 0 Å². The molecule has 2 N–H and O–H groups in total. The Balaban J connectivity index is 2.00. The minimum absolute atomic E-state index is 0.267. The zero-order valence-corrected chi connectivity index (χ0v) is 12.4. The van der Waals surface area contributed by atoms with Gasteiger partial charge in [-0.25, -0.2) is 4.98 Å². The Bertz CT molecular complexity index is 718. The highest BCUT2D eigenvalue weighted by Gasteiger charge is 2.15. The molecule has 0 aliphatic rings. The second-order valence-corrected chi connectivity index (χ2v) is 5.66. The summed E-state index contributed by atoms with van der Waals surface area (Å²) in [4.78, 5) is 4.44. The number of thiophene rings is 1. The van der Waals surface area contributed by atoms with Gasteiger partial charge in [0, 0.05) is 12.1 Å². The summed E-state index contributed by atoms with van der Waals surface area (Å²) in [6.07, 6.45) is 0.950.